The highest BCUT2D eigenvalue weighted by Crippen LogP contribution is 2.26. The van der Waals surface area contributed by atoms with Gasteiger partial charge in [0.1, 0.15) is 0 Å². The Morgan fingerprint density at radius 1 is 1.06 bits per heavy atom. The van der Waals surface area contributed by atoms with Gasteiger partial charge in [-0.1, -0.05) is 13.8 Å². The van der Waals surface area contributed by atoms with Crippen LogP contribution in [0, 0.1) is 11.8 Å². The molecule has 0 spiro atoms. The van der Waals surface area contributed by atoms with Crippen LogP contribution in [0.15, 0.2) is 24.3 Å². The predicted octanol–water partition coefficient (Wildman–Crippen LogP) is 3.17. The molecule has 1 aromatic rings. The highest BCUT2D eigenvalue weighted by molar-refractivity contribution is 5.85. The van der Waals surface area contributed by atoms with Crippen molar-refractivity contribution in [3.05, 3.63) is 24.3 Å². The van der Waals surface area contributed by atoms with Crippen LogP contribution in [0.5, 0.6) is 0 Å². The molecule has 1 heterocycles. The standard InChI is InChI=1S/C13H20N2.ClH/c1-10-7-11(2)9-15(8-10)13-5-3-12(14)4-6-13;/h3-6,10-11H,7-9,14H2,1-2H3;1H. The van der Waals surface area contributed by atoms with E-state index in [4.69, 9.17) is 5.73 Å². The molecule has 3 heteroatoms. The van der Waals surface area contributed by atoms with Crippen molar-refractivity contribution in [2.24, 2.45) is 11.8 Å². The molecule has 16 heavy (non-hydrogen) atoms. The van der Waals surface area contributed by atoms with Gasteiger partial charge in [-0.3, -0.25) is 0 Å². The van der Waals surface area contributed by atoms with E-state index in [1.54, 1.807) is 0 Å². The second-order valence-corrected chi connectivity index (χ2v) is 4.94. The van der Waals surface area contributed by atoms with Crippen LogP contribution >= 0.6 is 12.4 Å². The molecule has 0 amide bonds. The molecule has 90 valence electrons. The Bertz CT molecular complexity index is 313. The molecule has 2 unspecified atom stereocenters. The van der Waals surface area contributed by atoms with Crippen molar-refractivity contribution in [3.63, 3.8) is 0 Å². The van der Waals surface area contributed by atoms with Gasteiger partial charge >= 0.3 is 0 Å². The number of piperidine rings is 1. The summed E-state index contributed by atoms with van der Waals surface area (Å²) < 4.78 is 0. The highest BCUT2D eigenvalue weighted by atomic mass is 35.5. The Morgan fingerprint density at radius 3 is 2.06 bits per heavy atom. The van der Waals surface area contributed by atoms with Gasteiger partial charge < -0.3 is 10.6 Å². The van der Waals surface area contributed by atoms with E-state index in [0.717, 1.165) is 17.5 Å². The highest BCUT2D eigenvalue weighted by Gasteiger charge is 2.21. The quantitative estimate of drug-likeness (QED) is 0.764. The van der Waals surface area contributed by atoms with E-state index in [1.807, 2.05) is 12.1 Å². The number of benzene rings is 1. The fourth-order valence-corrected chi connectivity index (χ4v) is 2.56. The lowest BCUT2D eigenvalue weighted by molar-refractivity contribution is 0.357. The Labute approximate surface area is 104 Å². The van der Waals surface area contributed by atoms with Gasteiger partial charge in [0.25, 0.3) is 0 Å². The SMILES string of the molecule is CC1CC(C)CN(c2ccc(N)cc2)C1.Cl. The fraction of sp³-hybridized carbons (Fsp3) is 0.538. The van der Waals surface area contributed by atoms with E-state index in [1.165, 1.54) is 25.2 Å². The fourth-order valence-electron chi connectivity index (χ4n) is 2.56. The van der Waals surface area contributed by atoms with Crippen LogP contribution in [0.3, 0.4) is 0 Å². The number of rotatable bonds is 1. The minimum atomic E-state index is 0. The minimum absolute atomic E-state index is 0. The molecule has 2 N–H and O–H groups in total. The topological polar surface area (TPSA) is 29.3 Å². The third-order valence-electron chi connectivity index (χ3n) is 3.13. The lowest BCUT2D eigenvalue weighted by Gasteiger charge is -2.36. The molecule has 0 bridgehead atoms. The van der Waals surface area contributed by atoms with Gasteiger partial charge in [-0.25, -0.2) is 0 Å². The Kier molecular flexibility index (Phi) is 4.48. The molecular formula is C13H21ClN2. The van der Waals surface area contributed by atoms with Crippen molar-refractivity contribution in [3.8, 4) is 0 Å². The van der Waals surface area contributed by atoms with E-state index < -0.39 is 0 Å². The first-order valence-corrected chi connectivity index (χ1v) is 5.75. The van der Waals surface area contributed by atoms with Crippen molar-refractivity contribution in [2.45, 2.75) is 20.3 Å². The van der Waals surface area contributed by atoms with E-state index in [2.05, 4.69) is 30.9 Å². The van der Waals surface area contributed by atoms with Gasteiger partial charge in [-0.2, -0.15) is 0 Å². The van der Waals surface area contributed by atoms with Crippen LogP contribution in [0.1, 0.15) is 20.3 Å². The molecule has 0 aromatic heterocycles. The van der Waals surface area contributed by atoms with Crippen LogP contribution in [0.2, 0.25) is 0 Å². The first-order chi connectivity index (χ1) is 7.15. The van der Waals surface area contributed by atoms with Crippen molar-refractivity contribution >= 4 is 23.8 Å². The second kappa shape index (κ2) is 5.44. The summed E-state index contributed by atoms with van der Waals surface area (Å²) in [5.74, 6) is 1.60. The molecule has 0 aliphatic carbocycles. The maximum Gasteiger partial charge on any atom is 0.0367 e. The molecular weight excluding hydrogens is 220 g/mol. The van der Waals surface area contributed by atoms with Gasteiger partial charge in [-0.05, 0) is 42.5 Å². The normalized spacial score (nSPS) is 25.0. The summed E-state index contributed by atoms with van der Waals surface area (Å²) in [5, 5.41) is 0. The molecule has 1 fully saturated rings. The van der Waals surface area contributed by atoms with Gasteiger partial charge in [0, 0.05) is 24.5 Å². The van der Waals surface area contributed by atoms with Gasteiger partial charge in [0.15, 0.2) is 0 Å². The average Bonchev–Trinajstić information content (AvgIpc) is 2.17. The number of nitrogen functional groups attached to an aromatic ring is 1. The van der Waals surface area contributed by atoms with E-state index in [-0.39, 0.29) is 12.4 Å². The maximum atomic E-state index is 5.69. The minimum Gasteiger partial charge on any atom is -0.399 e. The molecule has 1 aromatic carbocycles. The number of halogens is 1. The monoisotopic (exact) mass is 240 g/mol. The molecule has 1 aliphatic rings. The summed E-state index contributed by atoms with van der Waals surface area (Å²) in [4.78, 5) is 2.47. The van der Waals surface area contributed by atoms with Crippen molar-refractivity contribution in [1.29, 1.82) is 0 Å². The second-order valence-electron chi connectivity index (χ2n) is 4.94. The third-order valence-corrected chi connectivity index (χ3v) is 3.13. The summed E-state index contributed by atoms with van der Waals surface area (Å²) in [7, 11) is 0. The van der Waals surface area contributed by atoms with Crippen LogP contribution in [-0.4, -0.2) is 13.1 Å². The molecule has 2 rings (SSSR count). The predicted molar refractivity (Wildman–Crippen MR) is 73.3 cm³/mol. The lowest BCUT2D eigenvalue weighted by Crippen LogP contribution is -2.38. The zero-order valence-electron chi connectivity index (χ0n) is 10.0. The van der Waals surface area contributed by atoms with Crippen LogP contribution in [0.4, 0.5) is 11.4 Å². The van der Waals surface area contributed by atoms with E-state index in [9.17, 15) is 0 Å². The summed E-state index contributed by atoms with van der Waals surface area (Å²) in [6.45, 7) is 7.02. The van der Waals surface area contributed by atoms with Crippen molar-refractivity contribution in [2.75, 3.05) is 23.7 Å². The number of nitrogens with zero attached hydrogens (tertiary/aromatic N) is 1. The molecule has 2 nitrogen and oxygen atoms in total. The first-order valence-electron chi connectivity index (χ1n) is 5.75. The molecule has 1 aliphatic heterocycles. The van der Waals surface area contributed by atoms with Crippen LogP contribution in [0.25, 0.3) is 0 Å². The lowest BCUT2D eigenvalue weighted by atomic mass is 9.91. The zero-order valence-corrected chi connectivity index (χ0v) is 10.8. The number of nitrogens with two attached hydrogens (primary N) is 1. The third kappa shape index (κ3) is 3.05. The van der Waals surface area contributed by atoms with Gasteiger partial charge in [0.05, 0.1) is 0 Å². The van der Waals surface area contributed by atoms with Crippen LogP contribution < -0.4 is 10.6 Å². The Balaban J connectivity index is 0.00000128. The van der Waals surface area contributed by atoms with E-state index in [0.29, 0.717) is 0 Å². The summed E-state index contributed by atoms with van der Waals surface area (Å²) in [6, 6.07) is 8.22. The molecule has 0 radical (unpaired) electrons. The van der Waals surface area contributed by atoms with Gasteiger partial charge in [0.2, 0.25) is 0 Å². The first kappa shape index (κ1) is 13.2. The summed E-state index contributed by atoms with van der Waals surface area (Å²) in [6.07, 6.45) is 1.35. The molecule has 2 atom stereocenters. The van der Waals surface area contributed by atoms with Gasteiger partial charge in [-0.15, -0.1) is 12.4 Å². The zero-order chi connectivity index (χ0) is 10.8. The average molecular weight is 241 g/mol. The Morgan fingerprint density at radius 2 is 1.56 bits per heavy atom. The Hall–Kier alpha value is -0.890. The van der Waals surface area contributed by atoms with Crippen molar-refractivity contribution in [1.82, 2.24) is 0 Å². The maximum absolute atomic E-state index is 5.69. The molecule has 1 saturated heterocycles. The summed E-state index contributed by atoms with van der Waals surface area (Å²) in [5.41, 5.74) is 7.84. The smallest absolute Gasteiger partial charge is 0.0367 e. The van der Waals surface area contributed by atoms with E-state index >= 15 is 0 Å². The summed E-state index contributed by atoms with van der Waals surface area (Å²) >= 11 is 0. The number of hydrogen-bond acceptors (Lipinski definition) is 2. The molecule has 0 saturated carbocycles. The largest absolute Gasteiger partial charge is 0.399 e. The van der Waals surface area contributed by atoms with Crippen LogP contribution in [-0.2, 0) is 0 Å². The number of hydrogen-bond donors (Lipinski definition) is 1. The number of anilines is 2. The van der Waals surface area contributed by atoms with Crippen molar-refractivity contribution < 1.29 is 0 Å².